The van der Waals surface area contributed by atoms with Gasteiger partial charge >= 0.3 is 18.0 Å². The van der Waals surface area contributed by atoms with E-state index in [1.807, 2.05) is 19.9 Å². The highest BCUT2D eigenvalue weighted by atomic mass is 16.6. The number of nitrogens with one attached hydrogen (secondary N) is 2. The highest BCUT2D eigenvalue weighted by Crippen LogP contribution is 2.18. The molecule has 0 unspecified atom stereocenters. The number of methoxy groups -OCH3 is 1. The predicted molar refractivity (Wildman–Crippen MR) is 151 cm³/mol. The summed E-state index contributed by atoms with van der Waals surface area (Å²) in [5, 5.41) is 3.44. The van der Waals surface area contributed by atoms with Crippen molar-refractivity contribution in [2.24, 2.45) is 5.92 Å². The van der Waals surface area contributed by atoms with E-state index in [1.165, 1.54) is 31.4 Å². The van der Waals surface area contributed by atoms with Gasteiger partial charge < -0.3 is 19.5 Å². The van der Waals surface area contributed by atoms with E-state index in [0.29, 0.717) is 6.42 Å². The van der Waals surface area contributed by atoms with Gasteiger partial charge in [-0.3, -0.25) is 19.8 Å². The van der Waals surface area contributed by atoms with Crippen LogP contribution in [0, 0.1) is 5.92 Å². The molecule has 11 nitrogen and oxygen atoms in total. The summed E-state index contributed by atoms with van der Waals surface area (Å²) in [5.74, 6) is -2.36. The molecule has 0 aliphatic carbocycles. The third-order valence-corrected chi connectivity index (χ3v) is 5.57. The fourth-order valence-corrected chi connectivity index (χ4v) is 3.47. The lowest BCUT2D eigenvalue weighted by Crippen LogP contribution is -2.55. The average molecular weight is 570 g/mol. The molecule has 0 fully saturated rings. The van der Waals surface area contributed by atoms with E-state index < -0.39 is 47.9 Å². The topological polar surface area (TPSA) is 140 Å². The highest BCUT2D eigenvalue weighted by Gasteiger charge is 2.30. The number of carbonyl (C=O) groups excluding carboxylic acids is 5. The maximum Gasteiger partial charge on any atom is 0.408 e. The molecule has 0 bridgehead atoms. The molecule has 0 aliphatic heterocycles. The van der Waals surface area contributed by atoms with Crippen LogP contribution in [-0.4, -0.2) is 48.6 Å². The molecule has 2 aromatic carbocycles. The number of amides is 3. The molecule has 2 rings (SSSR count). The largest absolute Gasteiger partial charge is 0.465 e. The normalized spacial score (nSPS) is 11.7. The monoisotopic (exact) mass is 569 g/mol. The summed E-state index contributed by atoms with van der Waals surface area (Å²) in [6.45, 7) is 8.87. The molecule has 0 spiro atoms. The highest BCUT2D eigenvalue weighted by molar-refractivity contribution is 5.99. The molecule has 0 radical (unpaired) electrons. The lowest BCUT2D eigenvalue weighted by atomic mass is 10.1. The second-order valence-corrected chi connectivity index (χ2v) is 10.7. The van der Waals surface area contributed by atoms with Gasteiger partial charge in [-0.05, 0) is 62.9 Å². The third-order valence-electron chi connectivity index (χ3n) is 5.57. The van der Waals surface area contributed by atoms with Crippen molar-refractivity contribution in [1.82, 2.24) is 10.7 Å². The van der Waals surface area contributed by atoms with E-state index >= 15 is 0 Å². The lowest BCUT2D eigenvalue weighted by molar-refractivity contribution is -0.147. The van der Waals surface area contributed by atoms with E-state index in [-0.39, 0.29) is 30.2 Å². The molecule has 41 heavy (non-hydrogen) atoms. The zero-order valence-corrected chi connectivity index (χ0v) is 24.4. The van der Waals surface area contributed by atoms with Crippen LogP contribution in [-0.2, 0) is 35.2 Å². The van der Waals surface area contributed by atoms with E-state index in [0.717, 1.165) is 10.6 Å². The Balaban J connectivity index is 2.28. The number of hydrogen-bond donors (Lipinski definition) is 2. The third kappa shape index (κ3) is 11.7. The number of benzene rings is 2. The van der Waals surface area contributed by atoms with Gasteiger partial charge in [0, 0.05) is 6.42 Å². The zero-order valence-electron chi connectivity index (χ0n) is 24.4. The second-order valence-electron chi connectivity index (χ2n) is 10.7. The summed E-state index contributed by atoms with van der Waals surface area (Å²) in [6.07, 6.45) is -0.780. The molecular formula is C30H39N3O8. The van der Waals surface area contributed by atoms with Crippen LogP contribution in [0.2, 0.25) is 0 Å². The molecule has 0 heterocycles. The van der Waals surface area contributed by atoms with Crippen molar-refractivity contribution in [3.05, 3.63) is 65.7 Å². The number of hydrogen-bond acceptors (Lipinski definition) is 8. The molecule has 3 amide bonds. The minimum absolute atomic E-state index is 0.0210. The van der Waals surface area contributed by atoms with E-state index in [1.54, 1.807) is 45.0 Å². The van der Waals surface area contributed by atoms with Crippen LogP contribution in [0.3, 0.4) is 0 Å². The number of alkyl carbamates (subject to hydrolysis) is 1. The van der Waals surface area contributed by atoms with Crippen LogP contribution in [0.15, 0.2) is 54.6 Å². The number of rotatable bonds is 11. The Labute approximate surface area is 240 Å². The van der Waals surface area contributed by atoms with Gasteiger partial charge in [-0.2, -0.15) is 0 Å². The Morgan fingerprint density at radius 2 is 1.56 bits per heavy atom. The Kier molecular flexibility index (Phi) is 12.3. The van der Waals surface area contributed by atoms with Crippen molar-refractivity contribution in [3.8, 4) is 0 Å². The maximum atomic E-state index is 13.4. The summed E-state index contributed by atoms with van der Waals surface area (Å²) < 4.78 is 15.3. The number of esters is 2. The van der Waals surface area contributed by atoms with Crippen LogP contribution in [0.1, 0.15) is 69.8 Å². The Morgan fingerprint density at radius 3 is 2.12 bits per heavy atom. The van der Waals surface area contributed by atoms with Crippen molar-refractivity contribution in [1.29, 1.82) is 0 Å². The SMILES string of the molecule is COC(=O)c1ccc(N(NC(=O)[C@H](CC(=O)OCc2ccccc2)NC(=O)OC(C)(C)C)C(=O)CCC(C)C)cc1. The fourth-order valence-electron chi connectivity index (χ4n) is 3.47. The van der Waals surface area contributed by atoms with Crippen LogP contribution in [0.25, 0.3) is 0 Å². The first-order valence-corrected chi connectivity index (χ1v) is 13.3. The van der Waals surface area contributed by atoms with Gasteiger partial charge in [0.05, 0.1) is 24.8 Å². The molecule has 0 saturated heterocycles. The molecule has 0 saturated carbocycles. The molecular weight excluding hydrogens is 530 g/mol. The molecule has 2 aromatic rings. The van der Waals surface area contributed by atoms with Crippen LogP contribution < -0.4 is 15.8 Å². The molecule has 1 atom stereocenters. The van der Waals surface area contributed by atoms with Crippen LogP contribution in [0.4, 0.5) is 10.5 Å². The number of hydrazine groups is 1. The van der Waals surface area contributed by atoms with Gasteiger partial charge in [0.1, 0.15) is 18.2 Å². The zero-order chi connectivity index (χ0) is 30.6. The summed E-state index contributed by atoms with van der Waals surface area (Å²) in [5.41, 5.74) is 2.92. The molecule has 0 aromatic heterocycles. The molecule has 0 aliphatic rings. The minimum atomic E-state index is -1.43. The summed E-state index contributed by atoms with van der Waals surface area (Å²) in [7, 11) is 1.25. The van der Waals surface area contributed by atoms with Gasteiger partial charge in [0.25, 0.3) is 5.91 Å². The van der Waals surface area contributed by atoms with Crippen molar-refractivity contribution < 1.29 is 38.2 Å². The molecule has 222 valence electrons. The first-order chi connectivity index (χ1) is 19.3. The smallest absolute Gasteiger partial charge is 0.408 e. The van der Waals surface area contributed by atoms with Gasteiger partial charge in [-0.25, -0.2) is 14.6 Å². The van der Waals surface area contributed by atoms with Crippen molar-refractivity contribution in [2.75, 3.05) is 12.1 Å². The van der Waals surface area contributed by atoms with E-state index in [2.05, 4.69) is 10.7 Å². The van der Waals surface area contributed by atoms with Gasteiger partial charge in [0.2, 0.25) is 5.91 Å². The van der Waals surface area contributed by atoms with E-state index in [4.69, 9.17) is 14.2 Å². The second kappa shape index (κ2) is 15.4. The van der Waals surface area contributed by atoms with Gasteiger partial charge in [-0.15, -0.1) is 0 Å². The minimum Gasteiger partial charge on any atom is -0.465 e. The van der Waals surface area contributed by atoms with Crippen LogP contribution >= 0.6 is 0 Å². The van der Waals surface area contributed by atoms with Crippen LogP contribution in [0.5, 0.6) is 0 Å². The van der Waals surface area contributed by atoms with E-state index in [9.17, 15) is 24.0 Å². The van der Waals surface area contributed by atoms with Crippen molar-refractivity contribution in [2.45, 2.75) is 72.1 Å². The summed E-state index contributed by atoms with van der Waals surface area (Å²) in [6, 6.07) is 13.4. The Bertz CT molecular complexity index is 1190. The Morgan fingerprint density at radius 1 is 0.927 bits per heavy atom. The quantitative estimate of drug-likeness (QED) is 0.232. The fraction of sp³-hybridized carbons (Fsp3) is 0.433. The van der Waals surface area contributed by atoms with Crippen molar-refractivity contribution in [3.63, 3.8) is 0 Å². The van der Waals surface area contributed by atoms with Gasteiger partial charge in [-0.1, -0.05) is 44.2 Å². The predicted octanol–water partition coefficient (Wildman–Crippen LogP) is 4.30. The number of anilines is 1. The summed E-state index contributed by atoms with van der Waals surface area (Å²) >= 11 is 0. The molecule has 2 N–H and O–H groups in total. The van der Waals surface area contributed by atoms with Crippen molar-refractivity contribution >= 4 is 35.5 Å². The lowest BCUT2D eigenvalue weighted by Gasteiger charge is -2.27. The number of ether oxygens (including phenoxy) is 3. The number of carbonyl (C=O) groups is 5. The Hall–Kier alpha value is -4.41. The standard InChI is InChI=1S/C30H39N3O8/c1-20(2)12-17-25(34)33(23-15-13-22(14-16-23)28(37)39-6)32-27(36)24(31-29(38)41-30(3,4)5)18-26(35)40-19-21-10-8-7-9-11-21/h7-11,13-16,20,24H,12,17-19H2,1-6H3,(H,31,38)(H,32,36)/t24-/m0/s1. The first kappa shape index (κ1) is 32.8. The maximum absolute atomic E-state index is 13.4. The number of nitrogens with zero attached hydrogens (tertiary/aromatic N) is 1. The average Bonchev–Trinajstić information content (AvgIpc) is 2.92. The summed E-state index contributed by atoms with van der Waals surface area (Å²) in [4.78, 5) is 63.7. The first-order valence-electron chi connectivity index (χ1n) is 13.3. The molecule has 11 heteroatoms. The van der Waals surface area contributed by atoms with Gasteiger partial charge in [0.15, 0.2) is 0 Å².